The summed E-state index contributed by atoms with van der Waals surface area (Å²) in [7, 11) is 1.82. The van der Waals surface area contributed by atoms with E-state index in [0.717, 1.165) is 16.9 Å². The monoisotopic (exact) mass is 474 g/mol. The van der Waals surface area contributed by atoms with Gasteiger partial charge in [0.05, 0.1) is 15.9 Å². The van der Waals surface area contributed by atoms with Crippen molar-refractivity contribution in [3.63, 3.8) is 0 Å². The van der Waals surface area contributed by atoms with Crippen LogP contribution in [0.5, 0.6) is 0 Å². The first-order valence-corrected chi connectivity index (χ1v) is 10.4. The Labute approximate surface area is 178 Å². The number of benzene rings is 2. The zero-order valence-corrected chi connectivity index (χ0v) is 18.0. The molecular formula is C19H16BrFN6OS. The lowest BCUT2D eigenvalue weighted by Gasteiger charge is -2.07. The SMILES string of the molecule is Cc1c(-n2nnnc2SCc2ccc(F)c(Br)c2)c(=O)n(-c2ccccc2)n1C. The lowest BCUT2D eigenvalue weighted by Crippen LogP contribution is -2.22. The number of tetrazole rings is 1. The van der Waals surface area contributed by atoms with Crippen molar-refractivity contribution in [1.29, 1.82) is 0 Å². The third-order valence-corrected chi connectivity index (χ3v) is 6.13. The maximum atomic E-state index is 13.4. The lowest BCUT2D eigenvalue weighted by atomic mass is 10.2. The molecule has 0 aliphatic rings. The van der Waals surface area contributed by atoms with Crippen LogP contribution in [0.1, 0.15) is 11.3 Å². The van der Waals surface area contributed by atoms with Crippen LogP contribution < -0.4 is 5.56 Å². The number of aromatic nitrogens is 6. The van der Waals surface area contributed by atoms with Gasteiger partial charge in [-0.3, -0.25) is 9.48 Å². The molecule has 0 unspecified atom stereocenters. The van der Waals surface area contributed by atoms with Crippen LogP contribution in [0.2, 0.25) is 0 Å². The molecule has 2 aromatic carbocycles. The smallest absolute Gasteiger partial charge is 0.283 e. The molecule has 148 valence electrons. The van der Waals surface area contributed by atoms with Gasteiger partial charge in [-0.15, -0.1) is 5.10 Å². The molecule has 2 heterocycles. The summed E-state index contributed by atoms with van der Waals surface area (Å²) >= 11 is 4.56. The van der Waals surface area contributed by atoms with Crippen LogP contribution in [0.4, 0.5) is 4.39 Å². The second kappa shape index (κ2) is 7.96. The minimum Gasteiger partial charge on any atom is -0.283 e. The van der Waals surface area contributed by atoms with Crippen molar-refractivity contribution in [2.75, 3.05) is 0 Å². The topological polar surface area (TPSA) is 70.5 Å². The zero-order chi connectivity index (χ0) is 20.5. The fourth-order valence-corrected chi connectivity index (χ4v) is 4.23. The Kier molecular flexibility index (Phi) is 5.37. The summed E-state index contributed by atoms with van der Waals surface area (Å²) < 4.78 is 18.7. The van der Waals surface area contributed by atoms with Crippen LogP contribution >= 0.6 is 27.7 Å². The van der Waals surface area contributed by atoms with E-state index in [4.69, 9.17) is 0 Å². The summed E-state index contributed by atoms with van der Waals surface area (Å²) in [6.07, 6.45) is 0. The molecule has 0 aliphatic heterocycles. The third-order valence-electron chi connectivity index (χ3n) is 4.53. The molecule has 2 aromatic heterocycles. The number of nitrogens with zero attached hydrogens (tertiary/aromatic N) is 6. The number of rotatable bonds is 5. The number of thioether (sulfide) groups is 1. The van der Waals surface area contributed by atoms with Gasteiger partial charge in [0, 0.05) is 12.8 Å². The Morgan fingerprint density at radius 3 is 2.66 bits per heavy atom. The highest BCUT2D eigenvalue weighted by molar-refractivity contribution is 9.10. The van der Waals surface area contributed by atoms with Gasteiger partial charge in [-0.25, -0.2) is 9.07 Å². The average Bonchev–Trinajstić information content (AvgIpc) is 3.25. The largest absolute Gasteiger partial charge is 0.297 e. The Morgan fingerprint density at radius 1 is 1.17 bits per heavy atom. The molecule has 0 N–H and O–H groups in total. The highest BCUT2D eigenvalue weighted by Crippen LogP contribution is 2.25. The Bertz CT molecular complexity index is 1230. The third kappa shape index (κ3) is 3.65. The van der Waals surface area contributed by atoms with E-state index in [1.807, 2.05) is 44.3 Å². The van der Waals surface area contributed by atoms with E-state index in [1.165, 1.54) is 22.5 Å². The molecule has 0 amide bonds. The van der Waals surface area contributed by atoms with Crippen molar-refractivity contribution >= 4 is 27.7 Å². The zero-order valence-electron chi connectivity index (χ0n) is 15.6. The molecule has 0 saturated heterocycles. The van der Waals surface area contributed by atoms with Crippen LogP contribution in [0.3, 0.4) is 0 Å². The molecule has 0 aliphatic carbocycles. The second-order valence-corrected chi connectivity index (χ2v) is 8.12. The van der Waals surface area contributed by atoms with E-state index in [9.17, 15) is 9.18 Å². The van der Waals surface area contributed by atoms with E-state index in [-0.39, 0.29) is 11.4 Å². The van der Waals surface area contributed by atoms with Crippen LogP contribution in [0.25, 0.3) is 11.4 Å². The van der Waals surface area contributed by atoms with Crippen molar-refractivity contribution in [2.45, 2.75) is 17.8 Å². The number of halogens is 2. The Hall–Kier alpha value is -2.72. The van der Waals surface area contributed by atoms with Crippen LogP contribution in [-0.2, 0) is 12.8 Å². The molecule has 4 aromatic rings. The summed E-state index contributed by atoms with van der Waals surface area (Å²) in [5.74, 6) is 0.211. The number of para-hydroxylation sites is 1. The molecule has 0 radical (unpaired) electrons. The van der Waals surface area contributed by atoms with Crippen molar-refractivity contribution in [2.24, 2.45) is 7.05 Å². The fraction of sp³-hybridized carbons (Fsp3) is 0.158. The van der Waals surface area contributed by atoms with Crippen LogP contribution in [0.15, 0.2) is 63.0 Å². The van der Waals surface area contributed by atoms with Crippen molar-refractivity contribution in [1.82, 2.24) is 29.6 Å². The maximum Gasteiger partial charge on any atom is 0.297 e. The molecule has 0 atom stereocenters. The van der Waals surface area contributed by atoms with E-state index in [0.29, 0.717) is 21.1 Å². The Morgan fingerprint density at radius 2 is 1.93 bits per heavy atom. The standard InChI is InChI=1S/C19H16BrFN6OS/c1-12-17(18(28)27(25(12)2)14-6-4-3-5-7-14)26-19(22-23-24-26)29-11-13-8-9-16(21)15(20)10-13/h3-10H,11H2,1-2H3. The van der Waals surface area contributed by atoms with E-state index >= 15 is 0 Å². The van der Waals surface area contributed by atoms with Gasteiger partial charge in [0.1, 0.15) is 5.82 Å². The van der Waals surface area contributed by atoms with Crippen molar-refractivity contribution in [3.05, 3.63) is 80.4 Å². The van der Waals surface area contributed by atoms with Gasteiger partial charge in [-0.2, -0.15) is 4.68 Å². The first-order chi connectivity index (χ1) is 14.0. The molecular weight excluding hydrogens is 459 g/mol. The van der Waals surface area contributed by atoms with Crippen LogP contribution in [0, 0.1) is 12.7 Å². The molecule has 0 fully saturated rings. The molecule has 0 saturated carbocycles. The minimum atomic E-state index is -0.315. The van der Waals surface area contributed by atoms with E-state index in [2.05, 4.69) is 31.5 Å². The number of hydrogen-bond donors (Lipinski definition) is 0. The van der Waals surface area contributed by atoms with Crippen molar-refractivity contribution < 1.29 is 4.39 Å². The van der Waals surface area contributed by atoms with Gasteiger partial charge in [0.25, 0.3) is 5.56 Å². The van der Waals surface area contributed by atoms with Crippen LogP contribution in [-0.4, -0.2) is 29.6 Å². The quantitative estimate of drug-likeness (QED) is 0.412. The molecule has 0 spiro atoms. The summed E-state index contributed by atoms with van der Waals surface area (Å²) in [5.41, 5.74) is 2.58. The molecule has 4 rings (SSSR count). The fourth-order valence-electron chi connectivity index (χ4n) is 2.98. The molecule has 29 heavy (non-hydrogen) atoms. The predicted octanol–water partition coefficient (Wildman–Crippen LogP) is 3.65. The summed E-state index contributed by atoms with van der Waals surface area (Å²) in [6.45, 7) is 1.85. The Balaban J connectivity index is 1.70. The average molecular weight is 475 g/mol. The second-order valence-electron chi connectivity index (χ2n) is 6.32. The van der Waals surface area contributed by atoms with Crippen molar-refractivity contribution in [3.8, 4) is 11.4 Å². The highest BCUT2D eigenvalue weighted by Gasteiger charge is 2.22. The van der Waals surface area contributed by atoms with E-state index in [1.54, 1.807) is 21.5 Å². The normalized spacial score (nSPS) is 11.2. The molecule has 10 heteroatoms. The predicted molar refractivity (Wildman–Crippen MR) is 112 cm³/mol. The molecule has 0 bridgehead atoms. The number of hydrogen-bond acceptors (Lipinski definition) is 5. The first kappa shape index (κ1) is 19.6. The van der Waals surface area contributed by atoms with Gasteiger partial charge in [-0.05, 0) is 63.1 Å². The first-order valence-electron chi connectivity index (χ1n) is 8.67. The van der Waals surface area contributed by atoms with Gasteiger partial charge in [0.2, 0.25) is 5.16 Å². The maximum absolute atomic E-state index is 13.4. The molecule has 7 nitrogen and oxygen atoms in total. The van der Waals surface area contributed by atoms with Gasteiger partial charge in [0.15, 0.2) is 5.69 Å². The lowest BCUT2D eigenvalue weighted by molar-refractivity contribution is 0.620. The summed E-state index contributed by atoms with van der Waals surface area (Å²) in [5, 5.41) is 12.3. The van der Waals surface area contributed by atoms with Gasteiger partial charge >= 0.3 is 0 Å². The summed E-state index contributed by atoms with van der Waals surface area (Å²) in [6, 6.07) is 14.2. The highest BCUT2D eigenvalue weighted by atomic mass is 79.9. The van der Waals surface area contributed by atoms with E-state index < -0.39 is 0 Å². The van der Waals surface area contributed by atoms with Gasteiger partial charge in [-0.1, -0.05) is 36.0 Å². The summed E-state index contributed by atoms with van der Waals surface area (Å²) in [4.78, 5) is 13.2. The van der Waals surface area contributed by atoms with Gasteiger partial charge < -0.3 is 0 Å². The minimum absolute atomic E-state index is 0.213.